The van der Waals surface area contributed by atoms with Crippen LogP contribution >= 0.6 is 0 Å². The highest BCUT2D eigenvalue weighted by Crippen LogP contribution is 2.11. The second-order valence-corrected chi connectivity index (χ2v) is 5.21. The van der Waals surface area contributed by atoms with Crippen molar-refractivity contribution in [1.29, 1.82) is 5.26 Å². The lowest BCUT2D eigenvalue weighted by Crippen LogP contribution is -2.15. The highest BCUT2D eigenvalue weighted by Gasteiger charge is 2.08. The number of rotatable bonds is 4. The van der Waals surface area contributed by atoms with Crippen molar-refractivity contribution in [1.82, 2.24) is 4.98 Å². The first-order chi connectivity index (χ1) is 11.6. The largest absolute Gasteiger partial charge is 0.310 e. The number of pyridine rings is 1. The Morgan fingerprint density at radius 2 is 2.12 bits per heavy atom. The molecule has 0 unspecified atom stereocenters. The zero-order chi connectivity index (χ0) is 17.4. The molecule has 0 bridgehead atoms. The van der Waals surface area contributed by atoms with Gasteiger partial charge in [0, 0.05) is 12.8 Å². The van der Waals surface area contributed by atoms with E-state index in [0.717, 1.165) is 11.1 Å². The predicted octanol–water partition coefficient (Wildman–Crippen LogP) is 3.37. The molecule has 0 aliphatic rings. The number of aryl methyl sites for hydroxylation is 1. The van der Waals surface area contributed by atoms with E-state index in [4.69, 9.17) is 5.26 Å². The van der Waals surface area contributed by atoms with E-state index in [1.807, 2.05) is 37.3 Å². The highest BCUT2D eigenvalue weighted by atomic mass is 19.1. The van der Waals surface area contributed by atoms with Crippen molar-refractivity contribution in [2.24, 2.45) is 0 Å². The Bertz CT molecular complexity index is 844. The second kappa shape index (κ2) is 8.45. The van der Waals surface area contributed by atoms with Gasteiger partial charge < -0.3 is 5.32 Å². The minimum Gasteiger partial charge on any atom is -0.310 e. The smallest absolute Gasteiger partial charge is 0.230 e. The van der Waals surface area contributed by atoms with Crippen LogP contribution in [0.4, 0.5) is 10.2 Å². The number of nitrogens with one attached hydrogen (secondary N) is 1. The van der Waals surface area contributed by atoms with Crippen LogP contribution in [0.2, 0.25) is 0 Å². The molecule has 0 aliphatic heterocycles. The van der Waals surface area contributed by atoms with Gasteiger partial charge in [-0.15, -0.1) is 0 Å². The zero-order valence-corrected chi connectivity index (χ0v) is 13.3. The van der Waals surface area contributed by atoms with Crippen LogP contribution in [0.5, 0.6) is 0 Å². The average Bonchev–Trinajstić information content (AvgIpc) is 2.53. The summed E-state index contributed by atoms with van der Waals surface area (Å²) in [5.74, 6) is 4.46. The number of carbonyl (C=O) groups is 1. The summed E-state index contributed by atoms with van der Waals surface area (Å²) < 4.78 is 13.9. The first-order valence-corrected chi connectivity index (χ1v) is 7.46. The van der Waals surface area contributed by atoms with Gasteiger partial charge in [-0.25, -0.2) is 4.98 Å². The van der Waals surface area contributed by atoms with Crippen molar-refractivity contribution >= 4 is 11.7 Å². The molecule has 0 fully saturated rings. The van der Waals surface area contributed by atoms with Crippen molar-refractivity contribution in [3.05, 3.63) is 59.0 Å². The van der Waals surface area contributed by atoms with Gasteiger partial charge in [-0.2, -0.15) is 9.65 Å². The molecule has 5 heteroatoms. The molecule has 1 N–H and O–H groups in total. The summed E-state index contributed by atoms with van der Waals surface area (Å²) in [5.41, 5.74) is 2.10. The van der Waals surface area contributed by atoms with Gasteiger partial charge >= 0.3 is 0 Å². The van der Waals surface area contributed by atoms with E-state index in [1.54, 1.807) is 0 Å². The molecule has 120 valence electrons. The number of anilines is 1. The molecule has 1 amide bonds. The number of amides is 1. The third kappa shape index (κ3) is 5.23. The molecule has 0 saturated carbocycles. The number of unbranched alkanes of at least 4 members (excludes halogenated alkanes) is 1. The van der Waals surface area contributed by atoms with Crippen LogP contribution in [0.15, 0.2) is 36.4 Å². The van der Waals surface area contributed by atoms with Crippen molar-refractivity contribution in [2.75, 3.05) is 5.32 Å². The summed E-state index contributed by atoms with van der Waals surface area (Å²) in [6.07, 6.45) is 0.876. The maximum atomic E-state index is 13.9. The monoisotopic (exact) mass is 321 g/mol. The van der Waals surface area contributed by atoms with Crippen molar-refractivity contribution in [3.63, 3.8) is 0 Å². The first-order valence-electron chi connectivity index (χ1n) is 7.46. The number of halogens is 1. The molecule has 0 radical (unpaired) electrons. The van der Waals surface area contributed by atoms with E-state index in [2.05, 4.69) is 22.1 Å². The van der Waals surface area contributed by atoms with E-state index >= 15 is 0 Å². The zero-order valence-electron chi connectivity index (χ0n) is 13.3. The maximum absolute atomic E-state index is 13.9. The van der Waals surface area contributed by atoms with Crippen LogP contribution < -0.4 is 5.32 Å². The molecule has 0 saturated heterocycles. The molecule has 2 aromatic rings. The van der Waals surface area contributed by atoms with Crippen LogP contribution in [0.25, 0.3) is 0 Å². The summed E-state index contributed by atoms with van der Waals surface area (Å²) in [4.78, 5) is 15.7. The molecule has 0 aliphatic carbocycles. The minimum atomic E-state index is -0.743. The Morgan fingerprint density at radius 1 is 1.29 bits per heavy atom. The molecule has 4 nitrogen and oxygen atoms in total. The molecule has 1 aromatic heterocycles. The average molecular weight is 321 g/mol. The van der Waals surface area contributed by atoms with Gasteiger partial charge in [0.15, 0.2) is 0 Å². The molecule has 1 aromatic carbocycles. The molecule has 24 heavy (non-hydrogen) atoms. The molecule has 1 heterocycles. The van der Waals surface area contributed by atoms with Gasteiger partial charge in [-0.1, -0.05) is 41.7 Å². The first kappa shape index (κ1) is 17.2. The van der Waals surface area contributed by atoms with Gasteiger partial charge in [-0.05, 0) is 24.6 Å². The van der Waals surface area contributed by atoms with Gasteiger partial charge in [0.25, 0.3) is 0 Å². The third-order valence-electron chi connectivity index (χ3n) is 3.15. The Hall–Kier alpha value is -3.18. The Balaban J connectivity index is 1.99. The van der Waals surface area contributed by atoms with Crippen molar-refractivity contribution < 1.29 is 9.18 Å². The second-order valence-electron chi connectivity index (χ2n) is 5.21. The molecular formula is C19H16FN3O. The Labute approximate surface area is 140 Å². The standard InChI is InChI=1S/C19H16FN3O/c1-14-6-5-7-15(12-14)13-18(24)22-17-10-9-16(19(20)23-17)8-3-2-4-11-21/h5-7,9-10,12H,2,4,13H2,1H3,(H,22,23,24). The van der Waals surface area contributed by atoms with Gasteiger partial charge in [0.05, 0.1) is 18.1 Å². The Kier molecular flexibility index (Phi) is 6.05. The Morgan fingerprint density at radius 3 is 2.83 bits per heavy atom. The van der Waals surface area contributed by atoms with E-state index in [1.165, 1.54) is 12.1 Å². The van der Waals surface area contributed by atoms with Crippen LogP contribution in [-0.2, 0) is 11.2 Å². The quantitative estimate of drug-likeness (QED) is 0.533. The topological polar surface area (TPSA) is 65.8 Å². The molecule has 0 spiro atoms. The van der Waals surface area contributed by atoms with Crippen LogP contribution in [0, 0.1) is 36.0 Å². The fourth-order valence-corrected chi connectivity index (χ4v) is 2.07. The van der Waals surface area contributed by atoms with Crippen molar-refractivity contribution in [2.45, 2.75) is 26.2 Å². The van der Waals surface area contributed by atoms with Gasteiger partial charge in [0.2, 0.25) is 11.9 Å². The number of nitrogens with zero attached hydrogens (tertiary/aromatic N) is 2. The predicted molar refractivity (Wildman–Crippen MR) is 89.4 cm³/mol. The van der Waals surface area contributed by atoms with Crippen LogP contribution in [-0.4, -0.2) is 10.9 Å². The number of carbonyl (C=O) groups excluding carboxylic acids is 1. The molecular weight excluding hydrogens is 305 g/mol. The van der Waals surface area contributed by atoms with E-state index in [9.17, 15) is 9.18 Å². The van der Waals surface area contributed by atoms with E-state index in [0.29, 0.717) is 12.8 Å². The molecule has 2 rings (SSSR count). The number of nitriles is 1. The highest BCUT2D eigenvalue weighted by molar-refractivity contribution is 5.91. The maximum Gasteiger partial charge on any atom is 0.230 e. The lowest BCUT2D eigenvalue weighted by Gasteiger charge is -2.06. The van der Waals surface area contributed by atoms with Gasteiger partial charge in [0.1, 0.15) is 5.82 Å². The van der Waals surface area contributed by atoms with Gasteiger partial charge in [-0.3, -0.25) is 4.79 Å². The lowest BCUT2D eigenvalue weighted by atomic mass is 10.1. The SMILES string of the molecule is Cc1cccc(CC(=O)Nc2ccc(C#CCCC#N)c(F)n2)c1. The van der Waals surface area contributed by atoms with E-state index in [-0.39, 0.29) is 23.7 Å². The van der Waals surface area contributed by atoms with Crippen LogP contribution in [0.3, 0.4) is 0 Å². The summed E-state index contributed by atoms with van der Waals surface area (Å²) in [6.45, 7) is 1.95. The number of aromatic nitrogens is 1. The summed E-state index contributed by atoms with van der Waals surface area (Å²) >= 11 is 0. The number of hydrogen-bond acceptors (Lipinski definition) is 3. The lowest BCUT2D eigenvalue weighted by molar-refractivity contribution is -0.115. The number of benzene rings is 1. The normalized spacial score (nSPS) is 9.54. The molecule has 0 atom stereocenters. The van der Waals surface area contributed by atoms with E-state index < -0.39 is 5.95 Å². The minimum absolute atomic E-state index is 0.143. The van der Waals surface area contributed by atoms with Crippen LogP contribution in [0.1, 0.15) is 29.5 Å². The summed E-state index contributed by atoms with van der Waals surface area (Å²) in [7, 11) is 0. The fraction of sp³-hybridized carbons (Fsp3) is 0.211. The summed E-state index contributed by atoms with van der Waals surface area (Å²) in [6, 6.07) is 12.6. The summed E-state index contributed by atoms with van der Waals surface area (Å²) in [5, 5.41) is 11.0. The third-order valence-corrected chi connectivity index (χ3v) is 3.15. The number of hydrogen-bond donors (Lipinski definition) is 1. The fourth-order valence-electron chi connectivity index (χ4n) is 2.07. The van der Waals surface area contributed by atoms with Crippen molar-refractivity contribution in [3.8, 4) is 17.9 Å².